The molecule has 1 aliphatic heterocycles. The van der Waals surface area contributed by atoms with Gasteiger partial charge in [-0.1, -0.05) is 0 Å². The molecule has 23 heavy (non-hydrogen) atoms. The summed E-state index contributed by atoms with van der Waals surface area (Å²) in [6.07, 6.45) is 0.296. The van der Waals surface area contributed by atoms with Gasteiger partial charge in [0.2, 0.25) is 5.91 Å². The molecule has 7 heteroatoms. The van der Waals surface area contributed by atoms with Gasteiger partial charge in [0, 0.05) is 23.1 Å². The van der Waals surface area contributed by atoms with Crippen molar-refractivity contribution in [1.29, 1.82) is 0 Å². The van der Waals surface area contributed by atoms with E-state index in [0.29, 0.717) is 25.4 Å². The molecule has 0 unspecified atom stereocenters. The van der Waals surface area contributed by atoms with Crippen molar-refractivity contribution in [3.05, 3.63) is 18.2 Å². The molecule has 0 radical (unpaired) electrons. The van der Waals surface area contributed by atoms with Crippen molar-refractivity contribution in [1.82, 2.24) is 4.90 Å². The zero-order valence-electron chi connectivity index (χ0n) is 13.3. The lowest BCUT2D eigenvalue weighted by Gasteiger charge is -2.24. The van der Waals surface area contributed by atoms with Gasteiger partial charge >= 0.3 is 5.97 Å². The Kier molecular flexibility index (Phi) is 6.15. The number of carboxylic acid groups (broad SMARTS) is 1. The lowest BCUT2D eigenvalue weighted by atomic mass is 10.3. The Hall–Kier alpha value is -1.89. The van der Waals surface area contributed by atoms with Gasteiger partial charge in [-0.3, -0.25) is 9.59 Å². The fraction of sp³-hybridized carbons (Fsp3) is 0.500. The van der Waals surface area contributed by atoms with Crippen molar-refractivity contribution in [3.63, 3.8) is 0 Å². The molecule has 1 aromatic carbocycles. The zero-order valence-corrected chi connectivity index (χ0v) is 14.1. The Bertz CT molecular complexity index is 576. The highest BCUT2D eigenvalue weighted by Crippen LogP contribution is 2.34. The fourth-order valence-electron chi connectivity index (χ4n) is 2.22. The van der Waals surface area contributed by atoms with E-state index in [4.69, 9.17) is 14.6 Å². The van der Waals surface area contributed by atoms with E-state index in [1.807, 2.05) is 32.0 Å². The van der Waals surface area contributed by atoms with E-state index in [0.717, 1.165) is 16.4 Å². The highest BCUT2D eigenvalue weighted by atomic mass is 32.2. The first-order valence-electron chi connectivity index (χ1n) is 7.51. The molecule has 6 nitrogen and oxygen atoms in total. The average Bonchev–Trinajstić information content (AvgIpc) is 2.52. The number of aliphatic carboxylic acids is 1. The van der Waals surface area contributed by atoms with E-state index in [9.17, 15) is 9.59 Å². The van der Waals surface area contributed by atoms with Gasteiger partial charge in [0.15, 0.2) is 11.5 Å². The van der Waals surface area contributed by atoms with Crippen LogP contribution in [0.5, 0.6) is 11.5 Å². The van der Waals surface area contributed by atoms with Gasteiger partial charge in [0.25, 0.3) is 0 Å². The van der Waals surface area contributed by atoms with Crippen LogP contribution in [0.25, 0.3) is 0 Å². The third kappa shape index (κ3) is 5.06. The molecule has 0 atom stereocenters. The predicted molar refractivity (Wildman–Crippen MR) is 87.3 cm³/mol. The molecule has 0 saturated heterocycles. The summed E-state index contributed by atoms with van der Waals surface area (Å²) in [6.45, 7) is 4.47. The van der Waals surface area contributed by atoms with Gasteiger partial charge in [-0.2, -0.15) is 0 Å². The summed E-state index contributed by atoms with van der Waals surface area (Å²) in [5.41, 5.74) is 0. The maximum absolute atomic E-state index is 12.1. The zero-order chi connectivity index (χ0) is 16.8. The standard InChI is InChI=1S/C16H21NO5S/c1-11(2)17(10-16(19)20)15(18)5-8-23-12-3-4-13-14(9-12)22-7-6-21-13/h3-4,9,11H,5-8,10H2,1-2H3,(H,19,20). The molecule has 0 aliphatic carbocycles. The first kappa shape index (κ1) is 17.5. The second-order valence-corrected chi connectivity index (χ2v) is 6.58. The number of fused-ring (bicyclic) bond motifs is 1. The van der Waals surface area contributed by atoms with Crippen molar-refractivity contribution >= 4 is 23.6 Å². The molecule has 1 N–H and O–H groups in total. The van der Waals surface area contributed by atoms with Crippen LogP contribution in [-0.4, -0.2) is 53.4 Å². The van der Waals surface area contributed by atoms with Crippen LogP contribution in [-0.2, 0) is 9.59 Å². The Labute approximate surface area is 139 Å². The van der Waals surface area contributed by atoms with Crippen molar-refractivity contribution in [2.45, 2.75) is 31.2 Å². The van der Waals surface area contributed by atoms with Crippen LogP contribution in [0.2, 0.25) is 0 Å². The molecule has 1 amide bonds. The van der Waals surface area contributed by atoms with Crippen LogP contribution in [0.15, 0.2) is 23.1 Å². The summed E-state index contributed by atoms with van der Waals surface area (Å²) in [6, 6.07) is 5.57. The summed E-state index contributed by atoms with van der Waals surface area (Å²) in [4.78, 5) is 25.4. The van der Waals surface area contributed by atoms with Crippen molar-refractivity contribution in [2.75, 3.05) is 25.5 Å². The van der Waals surface area contributed by atoms with Gasteiger partial charge in [-0.05, 0) is 32.0 Å². The summed E-state index contributed by atoms with van der Waals surface area (Å²) in [7, 11) is 0. The van der Waals surface area contributed by atoms with Crippen LogP contribution >= 0.6 is 11.8 Å². The minimum atomic E-state index is -0.994. The van der Waals surface area contributed by atoms with Gasteiger partial charge in [0.1, 0.15) is 19.8 Å². The summed E-state index contributed by atoms with van der Waals surface area (Å²) in [5, 5.41) is 8.87. The van der Waals surface area contributed by atoms with Crippen LogP contribution in [0.4, 0.5) is 0 Å². The van der Waals surface area contributed by atoms with Crippen LogP contribution < -0.4 is 9.47 Å². The SMILES string of the molecule is CC(C)N(CC(=O)O)C(=O)CCSc1ccc2c(c1)OCCO2. The second-order valence-electron chi connectivity index (χ2n) is 5.41. The Morgan fingerprint density at radius 3 is 2.61 bits per heavy atom. The minimum Gasteiger partial charge on any atom is -0.486 e. The number of thioether (sulfide) groups is 1. The third-order valence-electron chi connectivity index (χ3n) is 3.35. The number of rotatable bonds is 7. The highest BCUT2D eigenvalue weighted by Gasteiger charge is 2.19. The van der Waals surface area contributed by atoms with E-state index in [-0.39, 0.29) is 18.5 Å². The fourth-order valence-corrected chi connectivity index (χ4v) is 3.08. The molecule has 1 aliphatic rings. The van der Waals surface area contributed by atoms with E-state index in [2.05, 4.69) is 0 Å². The minimum absolute atomic E-state index is 0.127. The Balaban J connectivity index is 1.86. The van der Waals surface area contributed by atoms with Crippen LogP contribution in [0.1, 0.15) is 20.3 Å². The first-order chi connectivity index (χ1) is 11.0. The first-order valence-corrected chi connectivity index (χ1v) is 8.49. The number of carbonyl (C=O) groups excluding carboxylic acids is 1. The van der Waals surface area contributed by atoms with Crippen molar-refractivity contribution in [2.24, 2.45) is 0 Å². The number of nitrogens with zero attached hydrogens (tertiary/aromatic N) is 1. The Morgan fingerprint density at radius 1 is 1.26 bits per heavy atom. The topological polar surface area (TPSA) is 76.1 Å². The summed E-state index contributed by atoms with van der Waals surface area (Å²) < 4.78 is 11.0. The van der Waals surface area contributed by atoms with Gasteiger partial charge < -0.3 is 19.5 Å². The number of ether oxygens (including phenoxy) is 2. The molecule has 0 aromatic heterocycles. The third-order valence-corrected chi connectivity index (χ3v) is 4.34. The van der Waals surface area contributed by atoms with E-state index >= 15 is 0 Å². The Morgan fingerprint density at radius 2 is 1.96 bits per heavy atom. The van der Waals surface area contributed by atoms with Gasteiger partial charge in [-0.25, -0.2) is 0 Å². The summed E-state index contributed by atoms with van der Waals surface area (Å²) >= 11 is 1.54. The number of carbonyl (C=O) groups is 2. The number of hydrogen-bond donors (Lipinski definition) is 1. The molecule has 1 aromatic rings. The predicted octanol–water partition coefficient (Wildman–Crippen LogP) is 2.26. The molecular weight excluding hydrogens is 318 g/mol. The van der Waals surface area contributed by atoms with Gasteiger partial charge in [-0.15, -0.1) is 11.8 Å². The van der Waals surface area contributed by atoms with Crippen molar-refractivity contribution < 1.29 is 24.2 Å². The number of benzene rings is 1. The monoisotopic (exact) mass is 339 g/mol. The highest BCUT2D eigenvalue weighted by molar-refractivity contribution is 7.99. The number of carboxylic acids is 1. The maximum Gasteiger partial charge on any atom is 0.323 e. The number of amides is 1. The lowest BCUT2D eigenvalue weighted by molar-refractivity contribution is -0.145. The molecule has 1 heterocycles. The molecular formula is C16H21NO5S. The van der Waals surface area contributed by atoms with Crippen molar-refractivity contribution in [3.8, 4) is 11.5 Å². The molecule has 0 bridgehead atoms. The summed E-state index contributed by atoms with van der Waals surface area (Å²) in [5.74, 6) is 0.909. The van der Waals surface area contributed by atoms with Crippen LogP contribution in [0.3, 0.4) is 0 Å². The lowest BCUT2D eigenvalue weighted by Crippen LogP contribution is -2.40. The second kappa shape index (κ2) is 8.10. The largest absolute Gasteiger partial charge is 0.486 e. The van der Waals surface area contributed by atoms with E-state index < -0.39 is 5.97 Å². The molecule has 0 saturated carbocycles. The molecule has 2 rings (SSSR count). The van der Waals surface area contributed by atoms with E-state index in [1.54, 1.807) is 0 Å². The average molecular weight is 339 g/mol. The number of hydrogen-bond acceptors (Lipinski definition) is 5. The molecule has 0 spiro atoms. The molecule has 126 valence electrons. The smallest absolute Gasteiger partial charge is 0.323 e. The van der Waals surface area contributed by atoms with E-state index in [1.165, 1.54) is 16.7 Å². The molecule has 0 fully saturated rings. The normalized spacial score (nSPS) is 13.0. The quantitative estimate of drug-likeness (QED) is 0.768. The van der Waals surface area contributed by atoms with Gasteiger partial charge in [0.05, 0.1) is 0 Å². The van der Waals surface area contributed by atoms with Crippen LogP contribution in [0, 0.1) is 0 Å². The maximum atomic E-state index is 12.1.